The number of hydrogen-bond donors (Lipinski definition) is 7. The van der Waals surface area contributed by atoms with Crippen LogP contribution in [0.1, 0.15) is 95.1 Å². The third-order valence-corrected chi connectivity index (χ3v) is 15.8. The molecule has 6 atom stereocenters. The molecule has 0 bridgehead atoms. The number of primary amides is 2. The summed E-state index contributed by atoms with van der Waals surface area (Å²) in [7, 11) is 0. The molecule has 8 rings (SSSR count). The molecule has 9 N–H and O–H groups in total. The number of fused-ring (bicyclic) bond motifs is 2. The molecule has 0 radical (unpaired) electrons. The molecule has 5 aromatic rings. The number of ketones is 1. The molecule has 1 aliphatic carbocycles. The van der Waals surface area contributed by atoms with Crippen LogP contribution in [0.2, 0.25) is 0 Å². The van der Waals surface area contributed by atoms with Crippen LogP contribution in [0.25, 0.3) is 31.2 Å². The number of aromatic nitrogens is 4. The predicted molar refractivity (Wildman–Crippen MR) is 262 cm³/mol. The van der Waals surface area contributed by atoms with E-state index < -0.39 is 89.7 Å². The normalized spacial score (nSPS) is 24.4. The Labute approximate surface area is 412 Å². The van der Waals surface area contributed by atoms with E-state index in [0.717, 1.165) is 50.4 Å². The molecule has 70 heavy (non-hydrogen) atoms. The van der Waals surface area contributed by atoms with Crippen molar-refractivity contribution >= 4 is 80.7 Å². The van der Waals surface area contributed by atoms with Gasteiger partial charge in [-0.05, 0) is 73.2 Å². The van der Waals surface area contributed by atoms with Crippen LogP contribution in [0.4, 0.5) is 0 Å². The summed E-state index contributed by atoms with van der Waals surface area (Å²) in [4.78, 5) is 118. The van der Waals surface area contributed by atoms with Crippen molar-refractivity contribution < 1.29 is 38.4 Å². The lowest BCUT2D eigenvalue weighted by molar-refractivity contribution is -0.146. The number of nitrogens with two attached hydrogens (primary N) is 2. The molecule has 6 heterocycles. The van der Waals surface area contributed by atoms with Gasteiger partial charge in [-0.2, -0.15) is 0 Å². The molecular formula is C49H59N11O8S2. The van der Waals surface area contributed by atoms with E-state index in [1.165, 1.54) is 4.90 Å². The summed E-state index contributed by atoms with van der Waals surface area (Å²) in [5.74, 6) is -6.24. The van der Waals surface area contributed by atoms with E-state index in [-0.39, 0.29) is 57.5 Å². The molecule has 21 heteroatoms. The zero-order valence-electron chi connectivity index (χ0n) is 38.7. The first kappa shape index (κ1) is 49.7. The average molecular weight is 994 g/mol. The van der Waals surface area contributed by atoms with Gasteiger partial charge in [0, 0.05) is 78.0 Å². The van der Waals surface area contributed by atoms with Gasteiger partial charge in [-0.3, -0.25) is 38.4 Å². The van der Waals surface area contributed by atoms with Crippen LogP contribution < -0.4 is 32.7 Å². The average Bonchev–Trinajstić information content (AvgIpc) is 4.21. The van der Waals surface area contributed by atoms with Crippen LogP contribution in [-0.2, 0) is 44.8 Å². The first-order valence-corrected chi connectivity index (χ1v) is 25.7. The fraction of sp³-hybridized carbons (Fsp3) is 0.469. The fourth-order valence-corrected chi connectivity index (χ4v) is 11.7. The third-order valence-electron chi connectivity index (χ3n) is 13.7. The molecule has 3 fully saturated rings. The predicted octanol–water partition coefficient (Wildman–Crippen LogP) is 3.65. The number of para-hydroxylation sites is 1. The summed E-state index contributed by atoms with van der Waals surface area (Å²) < 4.78 is 1.65. The quantitative estimate of drug-likeness (QED) is 0.113. The zero-order chi connectivity index (χ0) is 49.3. The maximum atomic E-state index is 15.4. The van der Waals surface area contributed by atoms with Crippen molar-refractivity contribution in [2.24, 2.45) is 23.3 Å². The van der Waals surface area contributed by atoms with Gasteiger partial charge in [-0.15, -0.1) is 27.8 Å². The molecule has 0 spiro atoms. The topological polar surface area (TPSA) is 286 Å². The summed E-state index contributed by atoms with van der Waals surface area (Å²) in [6.45, 7) is 0.215. The summed E-state index contributed by atoms with van der Waals surface area (Å²) in [5.41, 5.74) is 13.6. The van der Waals surface area contributed by atoms with Gasteiger partial charge in [0.2, 0.25) is 41.4 Å². The van der Waals surface area contributed by atoms with E-state index in [4.69, 9.17) is 11.5 Å². The number of thiophene rings is 2. The van der Waals surface area contributed by atoms with E-state index in [2.05, 4.69) is 36.6 Å². The highest BCUT2D eigenvalue weighted by Gasteiger charge is 2.46. The smallest absolute Gasteiger partial charge is 0.243 e. The Morgan fingerprint density at radius 3 is 2.33 bits per heavy atom. The van der Waals surface area contributed by atoms with Gasteiger partial charge in [0.15, 0.2) is 5.78 Å². The van der Waals surface area contributed by atoms with E-state index in [1.807, 2.05) is 53.9 Å². The van der Waals surface area contributed by atoms with Gasteiger partial charge in [-0.25, -0.2) is 4.68 Å². The molecular weight excluding hydrogens is 935 g/mol. The summed E-state index contributed by atoms with van der Waals surface area (Å²) in [6.07, 6.45) is 7.04. The maximum Gasteiger partial charge on any atom is 0.243 e. The highest BCUT2D eigenvalue weighted by Crippen LogP contribution is 2.39. The van der Waals surface area contributed by atoms with Gasteiger partial charge in [0.05, 0.1) is 29.6 Å². The molecule has 0 unspecified atom stereocenters. The first-order valence-electron chi connectivity index (χ1n) is 24.0. The molecule has 19 nitrogen and oxygen atoms in total. The lowest BCUT2D eigenvalue weighted by Gasteiger charge is -2.35. The third kappa shape index (κ3) is 12.2. The van der Waals surface area contributed by atoms with Crippen molar-refractivity contribution in [3.8, 4) is 20.3 Å². The number of nitrogens with zero attached hydrogens (tertiary/aromatic N) is 4. The van der Waals surface area contributed by atoms with Gasteiger partial charge >= 0.3 is 0 Å². The number of amides is 7. The molecule has 2 saturated heterocycles. The van der Waals surface area contributed by atoms with Crippen LogP contribution in [0.3, 0.4) is 0 Å². The molecule has 1 saturated carbocycles. The van der Waals surface area contributed by atoms with Gasteiger partial charge in [0.1, 0.15) is 23.8 Å². The second-order valence-corrected chi connectivity index (χ2v) is 20.6. The van der Waals surface area contributed by atoms with Crippen LogP contribution in [-0.4, -0.2) is 109 Å². The lowest BCUT2D eigenvalue weighted by Crippen LogP contribution is -2.57. The Balaban J connectivity index is 1.15. The Morgan fingerprint density at radius 2 is 1.56 bits per heavy atom. The number of rotatable bonds is 9. The van der Waals surface area contributed by atoms with Crippen molar-refractivity contribution in [3.63, 3.8) is 0 Å². The van der Waals surface area contributed by atoms with Crippen molar-refractivity contribution in [2.75, 3.05) is 13.1 Å². The van der Waals surface area contributed by atoms with Gasteiger partial charge in [0.25, 0.3) is 0 Å². The van der Waals surface area contributed by atoms with Crippen molar-refractivity contribution in [3.05, 3.63) is 71.9 Å². The van der Waals surface area contributed by atoms with E-state index in [1.54, 1.807) is 39.7 Å². The number of aromatic amines is 1. The van der Waals surface area contributed by atoms with Crippen molar-refractivity contribution in [1.29, 1.82) is 0 Å². The molecule has 4 aromatic heterocycles. The lowest BCUT2D eigenvalue weighted by atomic mass is 9.76. The van der Waals surface area contributed by atoms with Crippen LogP contribution in [0, 0.1) is 11.8 Å². The number of carbonyl (C=O) groups excluding carboxylic acids is 8. The van der Waals surface area contributed by atoms with Crippen LogP contribution in [0.15, 0.2) is 66.3 Å². The number of H-pyrrole nitrogens is 1. The van der Waals surface area contributed by atoms with Crippen LogP contribution >= 0.6 is 22.7 Å². The SMILES string of the molecule is NC(=O)C[C@@H]1NC(=O)CCC(=O)NCCCC[C@@H](C(N)=O)NC(=O)[C@H](Cc2c[nH]c3ccccc23)NC(=O)[C@@H]2C[C@H](n3cc(-c4ccc(-c5cccs5)s4)nn3)CN2C(=O)[C@H](C2CCCCC2)CC1=O. The number of Topliss-reactive ketones (excluding diaryl/α,β-unsaturated/α-hetero) is 1. The number of nitrogens with one attached hydrogen (secondary N) is 5. The van der Waals surface area contributed by atoms with E-state index >= 15 is 9.59 Å². The molecule has 3 aliphatic rings. The largest absolute Gasteiger partial charge is 0.370 e. The monoisotopic (exact) mass is 993 g/mol. The number of carbonyl (C=O) groups is 8. The minimum atomic E-state index is -1.35. The standard InChI is InChI=1S/C49H59N11O8S2/c50-43(62)24-35-39(61)23-32(28-9-2-1-3-10-28)49(68)59-26-30(60-27-37(57-58-60)40-15-16-42(70-40)41-14-8-20-69-41)22-38(59)48(67)56-36(21-29-25-53-33-12-5-4-11-31(29)33)47(66)55-34(46(51)65)13-6-7-19-52-44(63)17-18-45(64)54-35/h4-5,8,11-12,14-16,20,25,27-28,30,32,34-36,38,53H,1-3,6-7,9-10,13,17-19,21-24,26H2,(H2,50,62)(H2,51,65)(H,52,63)(H,54,64)(H,55,66)(H,56,67)/t30-,32-,34-,35-,36-,38-/m0/s1. The Bertz CT molecular complexity index is 2710. The molecule has 7 amide bonds. The van der Waals surface area contributed by atoms with Crippen molar-refractivity contribution in [2.45, 2.75) is 120 Å². The Hall–Kier alpha value is -6.74. The fourth-order valence-electron chi connectivity index (χ4n) is 9.94. The van der Waals surface area contributed by atoms with Gasteiger partial charge < -0.3 is 42.6 Å². The molecule has 370 valence electrons. The Morgan fingerprint density at radius 1 is 0.786 bits per heavy atom. The van der Waals surface area contributed by atoms with Crippen LogP contribution in [0.5, 0.6) is 0 Å². The summed E-state index contributed by atoms with van der Waals surface area (Å²) >= 11 is 3.20. The number of hydrogen-bond acceptors (Lipinski definition) is 12. The van der Waals surface area contributed by atoms with E-state index in [0.29, 0.717) is 31.4 Å². The second kappa shape index (κ2) is 22.8. The summed E-state index contributed by atoms with van der Waals surface area (Å²) in [6, 6.07) is 10.1. The minimum absolute atomic E-state index is 0.00852. The summed E-state index contributed by atoms with van der Waals surface area (Å²) in [5, 5.41) is 22.9. The second-order valence-electron chi connectivity index (χ2n) is 18.5. The highest BCUT2D eigenvalue weighted by atomic mass is 32.1. The first-order chi connectivity index (χ1) is 33.8. The molecule has 1 aromatic carbocycles. The van der Waals surface area contributed by atoms with Gasteiger partial charge in [-0.1, -0.05) is 48.7 Å². The zero-order valence-corrected chi connectivity index (χ0v) is 40.4. The van der Waals surface area contributed by atoms with E-state index in [9.17, 15) is 28.8 Å². The molecule has 2 aliphatic heterocycles. The van der Waals surface area contributed by atoms with Crippen molar-refractivity contribution in [1.82, 2.24) is 46.1 Å². The maximum absolute atomic E-state index is 15.4. The minimum Gasteiger partial charge on any atom is -0.370 e. The number of benzene rings is 1. The Kier molecular flexibility index (Phi) is 16.2. The highest BCUT2D eigenvalue weighted by molar-refractivity contribution is 7.23.